The number of carbonyl (C=O) groups excluding carboxylic acids is 1. The number of ether oxygens (including phenoxy) is 1. The summed E-state index contributed by atoms with van der Waals surface area (Å²) in [5.41, 5.74) is 1.28. The number of alkyl halides is 3. The number of hydrogen-bond donors (Lipinski definition) is 1. The van der Waals surface area contributed by atoms with E-state index in [9.17, 15) is 22.2 Å². The van der Waals surface area contributed by atoms with Gasteiger partial charge in [0, 0.05) is 5.56 Å². The van der Waals surface area contributed by atoms with Crippen molar-refractivity contribution in [2.45, 2.75) is 71.9 Å². The van der Waals surface area contributed by atoms with Gasteiger partial charge < -0.3 is 4.74 Å². The number of nitrogens with one attached hydrogen (secondary N) is 1. The summed E-state index contributed by atoms with van der Waals surface area (Å²) in [5.74, 6) is -2.25. The van der Waals surface area contributed by atoms with Gasteiger partial charge in [0.2, 0.25) is 0 Å². The lowest BCUT2D eigenvalue weighted by Gasteiger charge is -2.26. The molecule has 2 aromatic carbocycles. The number of hydrogen-bond acceptors (Lipinski definition) is 3. The van der Waals surface area contributed by atoms with Crippen LogP contribution in [0.25, 0.3) is 11.1 Å². The highest BCUT2D eigenvalue weighted by atomic mass is 32.2. The van der Waals surface area contributed by atoms with Gasteiger partial charge in [0.15, 0.2) is 0 Å². The summed E-state index contributed by atoms with van der Waals surface area (Å²) in [6.45, 7) is 12.0. The van der Waals surface area contributed by atoms with Gasteiger partial charge in [-0.1, -0.05) is 17.7 Å². The fraction of sp³-hybridized carbons (Fsp3) is 0.480. The second kappa shape index (κ2) is 10.6. The Morgan fingerprint density at radius 3 is 2.09 bits per heavy atom. The number of rotatable bonds is 7. The van der Waals surface area contributed by atoms with Crippen LogP contribution in [0.3, 0.4) is 0 Å². The van der Waals surface area contributed by atoms with Gasteiger partial charge in [0.1, 0.15) is 5.82 Å². The van der Waals surface area contributed by atoms with Gasteiger partial charge in [-0.25, -0.2) is 13.3 Å². The fourth-order valence-corrected chi connectivity index (χ4v) is 4.62. The largest absolute Gasteiger partial charge is 0.466 e. The SMILES string of the molecule is CCOC(=O)CC(NS(=O)C(C)(C)C)c1cc(-c2c(C)cc(C)cc2C)cc(C(F)(F)F)c1F. The molecule has 0 aliphatic carbocycles. The molecule has 0 aliphatic rings. The van der Waals surface area contributed by atoms with Crippen LogP contribution in [0.1, 0.15) is 68.0 Å². The van der Waals surface area contributed by atoms with E-state index in [1.54, 1.807) is 41.5 Å². The summed E-state index contributed by atoms with van der Waals surface area (Å²) >= 11 is 0. The summed E-state index contributed by atoms with van der Waals surface area (Å²) < 4.78 is 76.6. The third kappa shape index (κ3) is 6.66. The Morgan fingerprint density at radius 2 is 1.62 bits per heavy atom. The van der Waals surface area contributed by atoms with E-state index < -0.39 is 57.3 Å². The van der Waals surface area contributed by atoms with Crippen molar-refractivity contribution < 1.29 is 31.3 Å². The van der Waals surface area contributed by atoms with Crippen LogP contribution in [-0.4, -0.2) is 21.5 Å². The summed E-state index contributed by atoms with van der Waals surface area (Å²) in [5, 5.41) is 0. The van der Waals surface area contributed by atoms with Crippen LogP contribution in [0.4, 0.5) is 17.6 Å². The molecule has 0 bridgehead atoms. The molecular formula is C25H31F4NO3S. The highest BCUT2D eigenvalue weighted by Gasteiger charge is 2.38. The lowest BCUT2D eigenvalue weighted by molar-refractivity contribution is -0.143. The zero-order chi connectivity index (χ0) is 26.0. The van der Waals surface area contributed by atoms with Crippen LogP contribution >= 0.6 is 0 Å². The van der Waals surface area contributed by atoms with Gasteiger partial charge >= 0.3 is 12.1 Å². The molecule has 2 atom stereocenters. The number of esters is 1. The molecule has 0 heterocycles. The Labute approximate surface area is 200 Å². The Bertz CT molecular complexity index is 1070. The molecule has 0 aliphatic heterocycles. The van der Waals surface area contributed by atoms with E-state index in [-0.39, 0.29) is 12.2 Å². The van der Waals surface area contributed by atoms with Gasteiger partial charge in [0.25, 0.3) is 0 Å². The van der Waals surface area contributed by atoms with Gasteiger partial charge in [-0.15, -0.1) is 0 Å². The third-order valence-corrected chi connectivity index (χ3v) is 6.84. The van der Waals surface area contributed by atoms with Crippen molar-refractivity contribution in [2.75, 3.05) is 6.61 Å². The normalized spacial score (nSPS) is 14.1. The van der Waals surface area contributed by atoms with Gasteiger partial charge in [-0.05, 0) is 82.9 Å². The minimum atomic E-state index is -4.97. The number of aryl methyl sites for hydroxylation is 3. The third-order valence-electron chi connectivity index (χ3n) is 5.23. The second-order valence-corrected chi connectivity index (χ2v) is 11.3. The quantitative estimate of drug-likeness (QED) is 0.349. The molecular weight excluding hydrogens is 470 g/mol. The van der Waals surface area contributed by atoms with E-state index in [4.69, 9.17) is 4.74 Å². The highest BCUT2D eigenvalue weighted by Crippen LogP contribution is 2.40. The maximum absolute atomic E-state index is 15.4. The lowest BCUT2D eigenvalue weighted by atomic mass is 9.89. The summed E-state index contributed by atoms with van der Waals surface area (Å²) in [7, 11) is -1.79. The molecule has 0 radical (unpaired) electrons. The summed E-state index contributed by atoms with van der Waals surface area (Å²) in [4.78, 5) is 12.2. The molecule has 0 amide bonds. The van der Waals surface area contributed by atoms with E-state index in [0.29, 0.717) is 5.56 Å². The van der Waals surface area contributed by atoms with Crippen molar-refractivity contribution in [2.24, 2.45) is 0 Å². The molecule has 0 aromatic heterocycles. The van der Waals surface area contributed by atoms with Crippen molar-refractivity contribution in [3.05, 3.63) is 57.9 Å². The van der Waals surface area contributed by atoms with E-state index in [0.717, 1.165) is 22.8 Å². The zero-order valence-electron chi connectivity index (χ0n) is 20.4. The molecule has 4 nitrogen and oxygen atoms in total. The van der Waals surface area contributed by atoms with Crippen molar-refractivity contribution in [3.8, 4) is 11.1 Å². The molecule has 0 fully saturated rings. The van der Waals surface area contributed by atoms with E-state index in [2.05, 4.69) is 4.72 Å². The van der Waals surface area contributed by atoms with Gasteiger partial charge in [-0.3, -0.25) is 4.79 Å². The number of benzene rings is 2. The average Bonchev–Trinajstić information content (AvgIpc) is 2.66. The maximum atomic E-state index is 15.4. The minimum absolute atomic E-state index is 0.0476. The van der Waals surface area contributed by atoms with Crippen LogP contribution in [0.5, 0.6) is 0 Å². The van der Waals surface area contributed by atoms with Crippen molar-refractivity contribution in [3.63, 3.8) is 0 Å². The van der Waals surface area contributed by atoms with Crippen LogP contribution < -0.4 is 4.72 Å². The van der Waals surface area contributed by atoms with E-state index in [1.165, 1.54) is 6.07 Å². The molecule has 2 unspecified atom stereocenters. The maximum Gasteiger partial charge on any atom is 0.419 e. The molecule has 2 aromatic rings. The van der Waals surface area contributed by atoms with E-state index >= 15 is 4.39 Å². The Balaban J connectivity index is 2.80. The van der Waals surface area contributed by atoms with Gasteiger partial charge in [0.05, 0.1) is 40.4 Å². The molecule has 0 saturated heterocycles. The molecule has 2 rings (SSSR count). The van der Waals surface area contributed by atoms with Crippen molar-refractivity contribution >= 4 is 17.0 Å². The summed E-state index contributed by atoms with van der Waals surface area (Å²) in [6, 6.07) is 4.45. The first-order chi connectivity index (χ1) is 15.6. The number of halogens is 4. The van der Waals surface area contributed by atoms with Crippen LogP contribution in [-0.2, 0) is 26.7 Å². The number of carbonyl (C=O) groups is 1. The Hall–Kier alpha value is -2.26. The second-order valence-electron chi connectivity index (χ2n) is 9.26. The first-order valence-electron chi connectivity index (χ1n) is 10.9. The Morgan fingerprint density at radius 1 is 1.06 bits per heavy atom. The molecule has 0 saturated carbocycles. The highest BCUT2D eigenvalue weighted by molar-refractivity contribution is 7.84. The van der Waals surface area contributed by atoms with Crippen molar-refractivity contribution in [1.29, 1.82) is 0 Å². The predicted octanol–water partition coefficient (Wildman–Crippen LogP) is 6.48. The standard InChI is InChI=1S/C25H31F4NO3S/c1-8-33-21(31)13-20(30-34(32)24(5,6)7)18-11-17(12-19(23(18)26)25(27,28)29)22-15(3)9-14(2)10-16(22)4/h9-12,20,30H,8,13H2,1-7H3. The smallest absolute Gasteiger partial charge is 0.419 e. The lowest BCUT2D eigenvalue weighted by Crippen LogP contribution is -2.37. The van der Waals surface area contributed by atoms with Gasteiger partial charge in [-0.2, -0.15) is 13.2 Å². The molecule has 34 heavy (non-hydrogen) atoms. The van der Waals surface area contributed by atoms with Crippen LogP contribution in [0.15, 0.2) is 24.3 Å². The summed E-state index contributed by atoms with van der Waals surface area (Å²) in [6.07, 6.45) is -5.46. The Kier molecular flexibility index (Phi) is 8.69. The monoisotopic (exact) mass is 501 g/mol. The topological polar surface area (TPSA) is 55.4 Å². The minimum Gasteiger partial charge on any atom is -0.466 e. The van der Waals surface area contributed by atoms with Crippen molar-refractivity contribution in [1.82, 2.24) is 4.72 Å². The zero-order valence-corrected chi connectivity index (χ0v) is 21.3. The molecule has 1 N–H and O–H groups in total. The van der Waals surface area contributed by atoms with E-state index in [1.807, 2.05) is 19.1 Å². The molecule has 188 valence electrons. The first-order valence-corrected chi connectivity index (χ1v) is 12.0. The fourth-order valence-electron chi connectivity index (χ4n) is 3.79. The molecule has 0 spiro atoms. The predicted molar refractivity (Wildman–Crippen MR) is 126 cm³/mol. The first kappa shape index (κ1) is 28.0. The molecule has 9 heteroatoms. The van der Waals surface area contributed by atoms with Crippen LogP contribution in [0, 0.1) is 26.6 Å². The average molecular weight is 502 g/mol. The van der Waals surface area contributed by atoms with Crippen LogP contribution in [0.2, 0.25) is 0 Å².